The van der Waals surface area contributed by atoms with E-state index < -0.39 is 28.9 Å². The predicted octanol–water partition coefficient (Wildman–Crippen LogP) is 3.63. The van der Waals surface area contributed by atoms with Crippen molar-refractivity contribution in [2.24, 2.45) is 5.41 Å². The molecule has 0 atom stereocenters. The molecule has 0 unspecified atom stereocenters. The average molecular weight is 330 g/mol. The van der Waals surface area contributed by atoms with Crippen molar-refractivity contribution in [1.29, 1.82) is 0 Å². The molecule has 2 N–H and O–H groups in total. The van der Waals surface area contributed by atoms with Crippen LogP contribution in [-0.4, -0.2) is 11.8 Å². The summed E-state index contributed by atoms with van der Waals surface area (Å²) in [5, 5.41) is 5.08. The molecule has 1 aliphatic rings. The predicted molar refractivity (Wildman–Crippen MR) is 86.5 cm³/mol. The van der Waals surface area contributed by atoms with E-state index in [0.717, 1.165) is 17.7 Å². The molecule has 0 aromatic heterocycles. The molecule has 0 aliphatic heterocycles. The van der Waals surface area contributed by atoms with E-state index >= 15 is 0 Å². The van der Waals surface area contributed by atoms with E-state index in [1.54, 1.807) is 12.1 Å². The summed E-state index contributed by atoms with van der Waals surface area (Å²) in [5.41, 5.74) is 0.304. The van der Waals surface area contributed by atoms with E-state index in [9.17, 15) is 18.4 Å². The first-order chi connectivity index (χ1) is 11.4. The molecule has 0 heterocycles. The van der Waals surface area contributed by atoms with Crippen molar-refractivity contribution in [3.63, 3.8) is 0 Å². The molecule has 4 nitrogen and oxygen atoms in total. The molecule has 0 bridgehead atoms. The van der Waals surface area contributed by atoms with E-state index in [1.807, 2.05) is 19.1 Å². The summed E-state index contributed by atoms with van der Waals surface area (Å²) in [4.78, 5) is 24.8. The molecule has 0 spiro atoms. The van der Waals surface area contributed by atoms with Crippen LogP contribution in [-0.2, 0) is 9.59 Å². The van der Waals surface area contributed by atoms with Gasteiger partial charge in [-0.1, -0.05) is 17.7 Å². The minimum absolute atomic E-state index is 0.143. The van der Waals surface area contributed by atoms with Crippen LogP contribution in [0.15, 0.2) is 42.5 Å². The lowest BCUT2D eigenvalue weighted by molar-refractivity contribution is -0.131. The first-order valence-corrected chi connectivity index (χ1v) is 7.55. The third-order valence-electron chi connectivity index (χ3n) is 4.11. The molecule has 0 radical (unpaired) electrons. The van der Waals surface area contributed by atoms with Crippen LogP contribution in [0.2, 0.25) is 0 Å². The maximum absolute atomic E-state index is 13.6. The maximum Gasteiger partial charge on any atom is 0.240 e. The number of hydrogen-bond acceptors (Lipinski definition) is 2. The lowest BCUT2D eigenvalue weighted by Gasteiger charge is -2.16. The van der Waals surface area contributed by atoms with Gasteiger partial charge in [0.15, 0.2) is 0 Å². The maximum atomic E-state index is 13.6. The summed E-state index contributed by atoms with van der Waals surface area (Å²) < 4.78 is 26.6. The summed E-state index contributed by atoms with van der Waals surface area (Å²) in [7, 11) is 0. The number of carbonyl (C=O) groups excluding carboxylic acids is 2. The highest BCUT2D eigenvalue weighted by Gasteiger charge is 2.56. The van der Waals surface area contributed by atoms with Gasteiger partial charge in [-0.3, -0.25) is 9.59 Å². The fourth-order valence-electron chi connectivity index (χ4n) is 2.40. The molecule has 1 saturated carbocycles. The van der Waals surface area contributed by atoms with Crippen LogP contribution in [0.3, 0.4) is 0 Å². The van der Waals surface area contributed by atoms with E-state index in [-0.39, 0.29) is 5.69 Å². The number of aryl methyl sites for hydroxylation is 1. The Labute approximate surface area is 137 Å². The van der Waals surface area contributed by atoms with Crippen LogP contribution in [0.25, 0.3) is 0 Å². The highest BCUT2D eigenvalue weighted by molar-refractivity contribution is 6.16. The van der Waals surface area contributed by atoms with Gasteiger partial charge in [-0.25, -0.2) is 8.78 Å². The van der Waals surface area contributed by atoms with Gasteiger partial charge in [0.25, 0.3) is 0 Å². The van der Waals surface area contributed by atoms with E-state index in [4.69, 9.17) is 0 Å². The number of benzene rings is 2. The second-order valence-electron chi connectivity index (χ2n) is 5.98. The van der Waals surface area contributed by atoms with Crippen molar-refractivity contribution in [2.75, 3.05) is 10.6 Å². The number of anilines is 2. The minimum Gasteiger partial charge on any atom is -0.325 e. The van der Waals surface area contributed by atoms with Crippen LogP contribution >= 0.6 is 0 Å². The third-order valence-corrected chi connectivity index (χ3v) is 4.11. The zero-order valence-corrected chi connectivity index (χ0v) is 13.0. The second kappa shape index (κ2) is 6.03. The number of amides is 2. The zero-order valence-electron chi connectivity index (χ0n) is 13.0. The monoisotopic (exact) mass is 330 g/mol. The summed E-state index contributed by atoms with van der Waals surface area (Å²) >= 11 is 0. The number of hydrogen-bond donors (Lipinski definition) is 2. The molecule has 1 fully saturated rings. The topological polar surface area (TPSA) is 58.2 Å². The fraction of sp³-hybridized carbons (Fsp3) is 0.222. The molecule has 2 amide bonds. The first-order valence-electron chi connectivity index (χ1n) is 7.55. The average Bonchev–Trinajstić information content (AvgIpc) is 3.34. The van der Waals surface area contributed by atoms with Crippen molar-refractivity contribution < 1.29 is 18.4 Å². The molecule has 1 aliphatic carbocycles. The van der Waals surface area contributed by atoms with E-state index in [2.05, 4.69) is 10.6 Å². The van der Waals surface area contributed by atoms with Crippen LogP contribution in [0.4, 0.5) is 20.2 Å². The van der Waals surface area contributed by atoms with Crippen LogP contribution < -0.4 is 10.6 Å². The normalized spacial score (nSPS) is 14.8. The summed E-state index contributed by atoms with van der Waals surface area (Å²) in [5.74, 6) is -2.62. The minimum atomic E-state index is -1.20. The van der Waals surface area contributed by atoms with Gasteiger partial charge in [0.2, 0.25) is 11.8 Å². The highest BCUT2D eigenvalue weighted by atomic mass is 19.1. The van der Waals surface area contributed by atoms with Crippen molar-refractivity contribution >= 4 is 23.2 Å². The van der Waals surface area contributed by atoms with Crippen LogP contribution in [0.5, 0.6) is 0 Å². The van der Waals surface area contributed by atoms with E-state index in [0.29, 0.717) is 24.6 Å². The van der Waals surface area contributed by atoms with Crippen molar-refractivity contribution in [2.45, 2.75) is 19.8 Å². The Kier molecular flexibility index (Phi) is 4.05. The van der Waals surface area contributed by atoms with Gasteiger partial charge in [-0.2, -0.15) is 0 Å². The SMILES string of the molecule is Cc1ccc(NC(=O)C2(C(=O)Nc3ccc(F)cc3F)CC2)cc1. The van der Waals surface area contributed by atoms with Crippen molar-refractivity contribution in [1.82, 2.24) is 0 Å². The first kappa shape index (κ1) is 16.1. The lowest BCUT2D eigenvalue weighted by atomic mass is 10.0. The Morgan fingerprint density at radius 1 is 0.958 bits per heavy atom. The molecule has 3 rings (SSSR count). The van der Waals surface area contributed by atoms with Gasteiger partial charge in [-0.05, 0) is 44.0 Å². The summed E-state index contributed by atoms with van der Waals surface area (Å²) in [6, 6.07) is 10.1. The zero-order chi connectivity index (χ0) is 17.3. The molecule has 124 valence electrons. The number of carbonyl (C=O) groups is 2. The molecular weight excluding hydrogens is 314 g/mol. The largest absolute Gasteiger partial charge is 0.325 e. The standard InChI is InChI=1S/C18H16F2N2O2/c1-11-2-5-13(6-3-11)21-16(23)18(8-9-18)17(24)22-15-7-4-12(19)10-14(15)20/h2-7,10H,8-9H2,1H3,(H,21,23)(H,22,24). The number of rotatable bonds is 4. The van der Waals surface area contributed by atoms with Gasteiger partial charge in [0.1, 0.15) is 17.0 Å². The third kappa shape index (κ3) is 3.13. The second-order valence-corrected chi connectivity index (χ2v) is 5.98. The molecule has 24 heavy (non-hydrogen) atoms. The van der Waals surface area contributed by atoms with Crippen LogP contribution in [0, 0.1) is 24.0 Å². The Hall–Kier alpha value is -2.76. The van der Waals surface area contributed by atoms with Gasteiger partial charge in [-0.15, -0.1) is 0 Å². The van der Waals surface area contributed by atoms with Gasteiger partial charge < -0.3 is 10.6 Å². The van der Waals surface area contributed by atoms with Gasteiger partial charge >= 0.3 is 0 Å². The number of halogens is 2. The Morgan fingerprint density at radius 3 is 2.17 bits per heavy atom. The summed E-state index contributed by atoms with van der Waals surface area (Å²) in [6.45, 7) is 1.93. The van der Waals surface area contributed by atoms with Crippen molar-refractivity contribution in [3.8, 4) is 0 Å². The Morgan fingerprint density at radius 2 is 1.58 bits per heavy atom. The smallest absolute Gasteiger partial charge is 0.240 e. The fourth-order valence-corrected chi connectivity index (χ4v) is 2.40. The Balaban J connectivity index is 1.71. The highest BCUT2D eigenvalue weighted by Crippen LogP contribution is 2.47. The number of nitrogens with one attached hydrogen (secondary N) is 2. The van der Waals surface area contributed by atoms with Gasteiger partial charge in [0, 0.05) is 11.8 Å². The van der Waals surface area contributed by atoms with Crippen molar-refractivity contribution in [3.05, 3.63) is 59.7 Å². The quantitative estimate of drug-likeness (QED) is 0.841. The Bertz CT molecular complexity index is 799. The van der Waals surface area contributed by atoms with E-state index in [1.165, 1.54) is 0 Å². The molecule has 2 aromatic rings. The lowest BCUT2D eigenvalue weighted by Crippen LogP contribution is -2.35. The summed E-state index contributed by atoms with van der Waals surface area (Å²) in [6.07, 6.45) is 0.776. The van der Waals surface area contributed by atoms with Crippen LogP contribution in [0.1, 0.15) is 18.4 Å². The molecule has 6 heteroatoms. The molecule has 0 saturated heterocycles. The molecule has 2 aromatic carbocycles. The van der Waals surface area contributed by atoms with Gasteiger partial charge in [0.05, 0.1) is 5.69 Å². The molecular formula is C18H16F2N2O2.